The maximum atomic E-state index is 11.1. The van der Waals surface area contributed by atoms with Gasteiger partial charge in [-0.25, -0.2) is 4.79 Å². The van der Waals surface area contributed by atoms with E-state index in [1.165, 1.54) is 7.11 Å². The summed E-state index contributed by atoms with van der Waals surface area (Å²) in [6.07, 6.45) is 6.95. The maximum Gasteiger partial charge on any atom is 0.328 e. The monoisotopic (exact) mass is 165 g/mol. The van der Waals surface area contributed by atoms with Crippen LogP contribution in [0, 0.1) is 5.92 Å². The molecule has 1 aliphatic carbocycles. The van der Waals surface area contributed by atoms with Crippen LogP contribution in [0.25, 0.3) is 0 Å². The number of nitrogens with one attached hydrogen (secondary N) is 1. The number of hydrogen-bond donors (Lipinski definition) is 1. The van der Waals surface area contributed by atoms with Crippen LogP contribution in [0.2, 0.25) is 0 Å². The molecule has 2 unspecified atom stereocenters. The molecular formula is C9H11NO2. The van der Waals surface area contributed by atoms with Gasteiger partial charge >= 0.3 is 5.97 Å². The lowest BCUT2D eigenvalue weighted by molar-refractivity contribution is -0.142. The summed E-state index contributed by atoms with van der Waals surface area (Å²) < 4.78 is 4.65. The average Bonchev–Trinajstić information content (AvgIpc) is 2.60. The van der Waals surface area contributed by atoms with E-state index < -0.39 is 0 Å². The van der Waals surface area contributed by atoms with Crippen LogP contribution >= 0.6 is 0 Å². The van der Waals surface area contributed by atoms with Gasteiger partial charge in [0, 0.05) is 11.6 Å². The van der Waals surface area contributed by atoms with Crippen molar-refractivity contribution >= 4 is 5.97 Å². The van der Waals surface area contributed by atoms with Gasteiger partial charge in [-0.15, -0.1) is 0 Å². The maximum absolute atomic E-state index is 11.1. The third-order valence-corrected chi connectivity index (χ3v) is 2.33. The van der Waals surface area contributed by atoms with E-state index in [2.05, 4.69) is 16.1 Å². The second kappa shape index (κ2) is 2.66. The van der Waals surface area contributed by atoms with E-state index in [1.54, 1.807) is 0 Å². The van der Waals surface area contributed by atoms with E-state index in [0.717, 1.165) is 12.1 Å². The van der Waals surface area contributed by atoms with Crippen LogP contribution in [0.15, 0.2) is 23.9 Å². The molecular weight excluding hydrogens is 154 g/mol. The molecule has 1 aliphatic heterocycles. The summed E-state index contributed by atoms with van der Waals surface area (Å²) in [4.78, 5) is 11.1. The highest BCUT2D eigenvalue weighted by atomic mass is 16.5. The van der Waals surface area contributed by atoms with E-state index in [4.69, 9.17) is 0 Å². The fourth-order valence-corrected chi connectivity index (χ4v) is 1.69. The van der Waals surface area contributed by atoms with E-state index in [0.29, 0.717) is 5.92 Å². The van der Waals surface area contributed by atoms with Gasteiger partial charge in [-0.1, -0.05) is 12.2 Å². The number of hydrogen-bond acceptors (Lipinski definition) is 3. The minimum atomic E-state index is -0.168. The topological polar surface area (TPSA) is 38.3 Å². The van der Waals surface area contributed by atoms with Gasteiger partial charge in [0.05, 0.1) is 7.11 Å². The zero-order valence-electron chi connectivity index (χ0n) is 6.91. The number of carbonyl (C=O) groups excluding carboxylic acids is 1. The van der Waals surface area contributed by atoms with Gasteiger partial charge < -0.3 is 10.1 Å². The van der Waals surface area contributed by atoms with E-state index in [-0.39, 0.29) is 12.0 Å². The van der Waals surface area contributed by atoms with Gasteiger partial charge in [-0.3, -0.25) is 0 Å². The number of fused-ring (bicyclic) bond motifs is 1. The Labute approximate surface area is 71.1 Å². The Morgan fingerprint density at radius 3 is 3.25 bits per heavy atom. The molecule has 0 spiro atoms. The van der Waals surface area contributed by atoms with Crippen LogP contribution in [-0.2, 0) is 9.53 Å². The first kappa shape index (κ1) is 7.40. The average molecular weight is 165 g/mol. The van der Waals surface area contributed by atoms with Crippen LogP contribution in [0.5, 0.6) is 0 Å². The number of methoxy groups -OCH3 is 1. The van der Waals surface area contributed by atoms with Gasteiger partial charge in [0.1, 0.15) is 6.04 Å². The molecule has 3 nitrogen and oxygen atoms in total. The molecule has 0 saturated carbocycles. The molecule has 2 atom stereocenters. The number of esters is 1. The summed E-state index contributed by atoms with van der Waals surface area (Å²) in [6.45, 7) is 0. The summed E-state index contributed by atoms with van der Waals surface area (Å²) in [5.41, 5.74) is 1.14. The molecule has 0 radical (unpaired) electrons. The zero-order chi connectivity index (χ0) is 8.55. The standard InChI is InChI=1S/C9H11NO2/c1-12-9(11)8-5-6-3-2-4-7(6)10-8/h2-4,6,8,10H,5H2,1H3. The minimum Gasteiger partial charge on any atom is -0.467 e. The number of rotatable bonds is 1. The van der Waals surface area contributed by atoms with Gasteiger partial charge in [-0.05, 0) is 12.5 Å². The largest absolute Gasteiger partial charge is 0.467 e. The molecule has 1 fully saturated rings. The molecule has 1 N–H and O–H groups in total. The highest BCUT2D eigenvalue weighted by molar-refractivity contribution is 5.77. The lowest BCUT2D eigenvalue weighted by Gasteiger charge is -2.07. The van der Waals surface area contributed by atoms with Crippen molar-refractivity contribution in [3.63, 3.8) is 0 Å². The van der Waals surface area contributed by atoms with Crippen molar-refractivity contribution in [1.82, 2.24) is 5.32 Å². The van der Waals surface area contributed by atoms with Crippen molar-refractivity contribution < 1.29 is 9.53 Å². The van der Waals surface area contributed by atoms with Crippen LogP contribution < -0.4 is 5.32 Å². The molecule has 1 saturated heterocycles. The molecule has 0 aromatic rings. The van der Waals surface area contributed by atoms with Crippen molar-refractivity contribution in [3.05, 3.63) is 23.9 Å². The van der Waals surface area contributed by atoms with Gasteiger partial charge in [-0.2, -0.15) is 0 Å². The lowest BCUT2D eigenvalue weighted by atomic mass is 10.1. The third-order valence-electron chi connectivity index (χ3n) is 2.33. The molecule has 0 bridgehead atoms. The number of carbonyl (C=O) groups is 1. The Morgan fingerprint density at radius 2 is 2.58 bits per heavy atom. The molecule has 0 amide bonds. The second-order valence-electron chi connectivity index (χ2n) is 3.07. The Morgan fingerprint density at radius 1 is 1.75 bits per heavy atom. The first-order valence-electron chi connectivity index (χ1n) is 4.04. The first-order valence-corrected chi connectivity index (χ1v) is 4.04. The van der Waals surface area contributed by atoms with Crippen molar-refractivity contribution in [2.24, 2.45) is 5.92 Å². The molecule has 0 aromatic carbocycles. The van der Waals surface area contributed by atoms with Crippen LogP contribution in [0.4, 0.5) is 0 Å². The molecule has 2 rings (SSSR count). The SMILES string of the molecule is COC(=O)C1CC2C=CC=C2N1. The van der Waals surface area contributed by atoms with Gasteiger partial charge in [0.2, 0.25) is 0 Å². The molecule has 64 valence electrons. The van der Waals surface area contributed by atoms with E-state index in [9.17, 15) is 4.79 Å². The highest BCUT2D eigenvalue weighted by Gasteiger charge is 2.33. The summed E-state index contributed by atoms with van der Waals surface area (Å²) >= 11 is 0. The summed E-state index contributed by atoms with van der Waals surface area (Å²) in [7, 11) is 1.42. The predicted octanol–water partition coefficient (Wildman–Crippen LogP) is 0.591. The summed E-state index contributed by atoms with van der Waals surface area (Å²) in [5.74, 6) is 0.243. The van der Waals surface area contributed by atoms with Crippen molar-refractivity contribution in [2.45, 2.75) is 12.5 Å². The van der Waals surface area contributed by atoms with Crippen molar-refractivity contribution in [1.29, 1.82) is 0 Å². The molecule has 0 aromatic heterocycles. The Hall–Kier alpha value is -1.25. The fraction of sp³-hybridized carbons (Fsp3) is 0.444. The Balaban J connectivity index is 2.05. The summed E-state index contributed by atoms with van der Waals surface area (Å²) in [6, 6.07) is -0.142. The van der Waals surface area contributed by atoms with E-state index >= 15 is 0 Å². The van der Waals surface area contributed by atoms with Gasteiger partial charge in [0.25, 0.3) is 0 Å². The highest BCUT2D eigenvalue weighted by Crippen LogP contribution is 2.29. The smallest absolute Gasteiger partial charge is 0.328 e. The molecule has 3 heteroatoms. The third kappa shape index (κ3) is 1.02. The fourth-order valence-electron chi connectivity index (χ4n) is 1.69. The van der Waals surface area contributed by atoms with E-state index in [1.807, 2.05) is 12.2 Å². The normalized spacial score (nSPS) is 30.9. The Bertz CT molecular complexity index is 268. The molecule has 2 aliphatic rings. The minimum absolute atomic E-state index is 0.142. The van der Waals surface area contributed by atoms with Crippen LogP contribution in [-0.4, -0.2) is 19.1 Å². The quantitative estimate of drug-likeness (QED) is 0.578. The Kier molecular flexibility index (Phi) is 1.64. The zero-order valence-corrected chi connectivity index (χ0v) is 6.91. The lowest BCUT2D eigenvalue weighted by Crippen LogP contribution is -2.30. The van der Waals surface area contributed by atoms with Crippen LogP contribution in [0.1, 0.15) is 6.42 Å². The van der Waals surface area contributed by atoms with Crippen LogP contribution in [0.3, 0.4) is 0 Å². The first-order chi connectivity index (χ1) is 5.81. The van der Waals surface area contributed by atoms with Crippen molar-refractivity contribution in [3.8, 4) is 0 Å². The molecule has 12 heavy (non-hydrogen) atoms. The van der Waals surface area contributed by atoms with Crippen molar-refractivity contribution in [2.75, 3.05) is 7.11 Å². The number of ether oxygens (including phenoxy) is 1. The van der Waals surface area contributed by atoms with Gasteiger partial charge in [0.15, 0.2) is 0 Å². The second-order valence-corrected chi connectivity index (χ2v) is 3.07. The summed E-state index contributed by atoms with van der Waals surface area (Å²) in [5, 5.41) is 3.13. The number of allylic oxidation sites excluding steroid dienone is 3. The predicted molar refractivity (Wildman–Crippen MR) is 44.3 cm³/mol. The molecule has 1 heterocycles.